The summed E-state index contributed by atoms with van der Waals surface area (Å²) in [6.45, 7) is 4.04. The Kier molecular flexibility index (Phi) is 5.96. The van der Waals surface area contributed by atoms with E-state index in [2.05, 4.69) is 20.6 Å². The number of hydrogen-bond acceptors (Lipinski definition) is 6. The molecule has 1 heterocycles. The van der Waals surface area contributed by atoms with Crippen molar-refractivity contribution in [2.45, 2.75) is 13.8 Å². The molecule has 2 N–H and O–H groups in total. The maximum Gasteiger partial charge on any atom is 0.338 e. The van der Waals surface area contributed by atoms with Crippen LogP contribution in [-0.4, -0.2) is 28.5 Å². The first-order chi connectivity index (χ1) is 13.6. The van der Waals surface area contributed by atoms with E-state index in [4.69, 9.17) is 4.74 Å². The fourth-order valence-electron chi connectivity index (χ4n) is 2.50. The quantitative estimate of drug-likeness (QED) is 0.633. The molecular weight excluding hydrogens is 356 g/mol. The van der Waals surface area contributed by atoms with Gasteiger partial charge in [-0.2, -0.15) is 0 Å². The number of nitrogens with zero attached hydrogens (tertiary/aromatic N) is 2. The van der Waals surface area contributed by atoms with Crippen molar-refractivity contribution in [3.05, 3.63) is 77.7 Å². The molecule has 0 saturated heterocycles. The van der Waals surface area contributed by atoms with E-state index in [1.165, 1.54) is 6.33 Å². The summed E-state index contributed by atoms with van der Waals surface area (Å²) in [6, 6.07) is 15.8. The van der Waals surface area contributed by atoms with E-state index in [1.54, 1.807) is 37.3 Å². The molecule has 0 atom stereocenters. The maximum atomic E-state index is 12.5. The molecule has 7 heteroatoms. The smallest absolute Gasteiger partial charge is 0.338 e. The minimum absolute atomic E-state index is 0.223. The van der Waals surface area contributed by atoms with Crippen LogP contribution >= 0.6 is 0 Å². The Morgan fingerprint density at radius 2 is 1.79 bits per heavy atom. The van der Waals surface area contributed by atoms with Crippen molar-refractivity contribution in [3.8, 4) is 0 Å². The molecule has 28 heavy (non-hydrogen) atoms. The molecule has 1 aromatic heterocycles. The molecule has 0 bridgehead atoms. The summed E-state index contributed by atoms with van der Waals surface area (Å²) in [5, 5.41) is 5.93. The summed E-state index contributed by atoms with van der Waals surface area (Å²) in [5.41, 5.74) is 3.16. The second kappa shape index (κ2) is 8.77. The number of rotatable bonds is 6. The highest BCUT2D eigenvalue weighted by atomic mass is 16.5. The van der Waals surface area contributed by atoms with Crippen LogP contribution in [0.4, 0.5) is 17.2 Å². The number of esters is 1. The van der Waals surface area contributed by atoms with Gasteiger partial charge >= 0.3 is 5.97 Å². The van der Waals surface area contributed by atoms with Gasteiger partial charge in [-0.3, -0.25) is 4.79 Å². The minimum atomic E-state index is -0.400. The molecule has 3 aromatic rings. The highest BCUT2D eigenvalue weighted by Crippen LogP contribution is 2.19. The van der Waals surface area contributed by atoms with Crippen LogP contribution in [0.5, 0.6) is 0 Å². The van der Waals surface area contributed by atoms with Gasteiger partial charge in [-0.25, -0.2) is 14.8 Å². The predicted octanol–water partition coefficient (Wildman–Crippen LogP) is 3.96. The Morgan fingerprint density at radius 1 is 1.04 bits per heavy atom. The van der Waals surface area contributed by atoms with Gasteiger partial charge in [0, 0.05) is 17.4 Å². The van der Waals surface area contributed by atoms with Gasteiger partial charge in [0.15, 0.2) is 0 Å². The predicted molar refractivity (Wildman–Crippen MR) is 107 cm³/mol. The molecule has 2 aromatic carbocycles. The summed E-state index contributed by atoms with van der Waals surface area (Å²) < 4.78 is 4.94. The Morgan fingerprint density at radius 3 is 2.50 bits per heavy atom. The summed E-state index contributed by atoms with van der Waals surface area (Å²) in [5.74, 6) is -0.255. The van der Waals surface area contributed by atoms with Gasteiger partial charge in [-0.15, -0.1) is 0 Å². The largest absolute Gasteiger partial charge is 0.462 e. The fraction of sp³-hybridized carbons (Fsp3) is 0.143. The Hall–Kier alpha value is -3.74. The molecule has 0 saturated carbocycles. The number of anilines is 3. The lowest BCUT2D eigenvalue weighted by molar-refractivity contribution is 0.0526. The van der Waals surface area contributed by atoms with E-state index < -0.39 is 5.97 Å². The number of carbonyl (C=O) groups is 2. The third-order valence-corrected chi connectivity index (χ3v) is 3.96. The van der Waals surface area contributed by atoms with Crippen molar-refractivity contribution >= 4 is 29.1 Å². The zero-order valence-corrected chi connectivity index (χ0v) is 15.6. The van der Waals surface area contributed by atoms with E-state index in [0.717, 1.165) is 11.3 Å². The highest BCUT2D eigenvalue weighted by Gasteiger charge is 2.11. The van der Waals surface area contributed by atoms with E-state index in [9.17, 15) is 9.59 Å². The number of amides is 1. The van der Waals surface area contributed by atoms with Crippen molar-refractivity contribution in [2.75, 3.05) is 17.2 Å². The van der Waals surface area contributed by atoms with Gasteiger partial charge in [0.25, 0.3) is 5.91 Å². The first-order valence-electron chi connectivity index (χ1n) is 8.80. The van der Waals surface area contributed by atoms with Crippen LogP contribution < -0.4 is 10.6 Å². The Balaban J connectivity index is 1.69. The van der Waals surface area contributed by atoms with Gasteiger partial charge in [-0.1, -0.05) is 18.2 Å². The van der Waals surface area contributed by atoms with E-state index in [-0.39, 0.29) is 11.6 Å². The third kappa shape index (κ3) is 4.70. The summed E-state index contributed by atoms with van der Waals surface area (Å²) in [7, 11) is 0. The number of para-hydroxylation sites is 1. The number of ether oxygens (including phenoxy) is 1. The lowest BCUT2D eigenvalue weighted by atomic mass is 10.2. The van der Waals surface area contributed by atoms with Crippen molar-refractivity contribution in [2.24, 2.45) is 0 Å². The van der Waals surface area contributed by atoms with Crippen LogP contribution in [0.3, 0.4) is 0 Å². The molecule has 142 valence electrons. The Labute approximate surface area is 162 Å². The second-order valence-corrected chi connectivity index (χ2v) is 5.98. The second-order valence-electron chi connectivity index (χ2n) is 5.98. The van der Waals surface area contributed by atoms with E-state index in [0.29, 0.717) is 23.7 Å². The first kappa shape index (κ1) is 19.0. The molecule has 0 aliphatic heterocycles. The zero-order valence-electron chi connectivity index (χ0n) is 15.6. The molecule has 0 fully saturated rings. The van der Waals surface area contributed by atoms with Gasteiger partial charge in [0.05, 0.1) is 12.2 Å². The standard InChI is InChI=1S/C21H20N4O3/c1-3-28-21(27)15-8-10-16(11-9-15)24-20(26)18-12-19(23-13-22-18)25-17-7-5-4-6-14(17)2/h4-13H,3H2,1-2H3,(H,24,26)(H,22,23,25). The number of nitrogens with one attached hydrogen (secondary N) is 2. The monoisotopic (exact) mass is 376 g/mol. The molecule has 0 spiro atoms. The molecule has 7 nitrogen and oxygen atoms in total. The van der Waals surface area contributed by atoms with E-state index in [1.807, 2.05) is 31.2 Å². The number of aryl methyl sites for hydroxylation is 1. The van der Waals surface area contributed by atoms with Crippen LogP contribution in [0.1, 0.15) is 33.3 Å². The van der Waals surface area contributed by atoms with Crippen molar-refractivity contribution in [1.82, 2.24) is 9.97 Å². The van der Waals surface area contributed by atoms with Crippen LogP contribution in [0.2, 0.25) is 0 Å². The molecule has 0 aliphatic carbocycles. The molecule has 0 aliphatic rings. The molecular formula is C21H20N4O3. The van der Waals surface area contributed by atoms with Crippen LogP contribution in [0, 0.1) is 6.92 Å². The Bertz CT molecular complexity index is 987. The molecule has 0 unspecified atom stereocenters. The van der Waals surface area contributed by atoms with Crippen LogP contribution in [-0.2, 0) is 4.74 Å². The zero-order chi connectivity index (χ0) is 19.9. The lowest BCUT2D eigenvalue weighted by Gasteiger charge is -2.10. The minimum Gasteiger partial charge on any atom is -0.462 e. The molecule has 1 amide bonds. The summed E-state index contributed by atoms with van der Waals surface area (Å²) >= 11 is 0. The van der Waals surface area contributed by atoms with Gasteiger partial charge in [0.1, 0.15) is 17.8 Å². The highest BCUT2D eigenvalue weighted by molar-refractivity contribution is 6.03. The maximum absolute atomic E-state index is 12.5. The summed E-state index contributed by atoms with van der Waals surface area (Å²) in [6.07, 6.45) is 1.33. The number of hydrogen-bond donors (Lipinski definition) is 2. The van der Waals surface area contributed by atoms with Crippen LogP contribution in [0.15, 0.2) is 60.9 Å². The first-order valence-corrected chi connectivity index (χ1v) is 8.80. The van der Waals surface area contributed by atoms with Crippen molar-refractivity contribution < 1.29 is 14.3 Å². The number of aromatic nitrogens is 2. The van der Waals surface area contributed by atoms with Crippen molar-refractivity contribution in [3.63, 3.8) is 0 Å². The number of benzene rings is 2. The van der Waals surface area contributed by atoms with Crippen LogP contribution in [0.25, 0.3) is 0 Å². The average molecular weight is 376 g/mol. The topological polar surface area (TPSA) is 93.2 Å². The fourth-order valence-corrected chi connectivity index (χ4v) is 2.50. The summed E-state index contributed by atoms with van der Waals surface area (Å²) in [4.78, 5) is 32.4. The van der Waals surface area contributed by atoms with Crippen molar-refractivity contribution in [1.29, 1.82) is 0 Å². The normalized spacial score (nSPS) is 10.2. The lowest BCUT2D eigenvalue weighted by Crippen LogP contribution is -2.14. The molecule has 0 radical (unpaired) electrons. The SMILES string of the molecule is CCOC(=O)c1ccc(NC(=O)c2cc(Nc3ccccc3C)ncn2)cc1. The van der Waals surface area contributed by atoms with Gasteiger partial charge in [-0.05, 0) is 49.7 Å². The van der Waals surface area contributed by atoms with E-state index >= 15 is 0 Å². The molecule has 3 rings (SSSR count). The number of carbonyl (C=O) groups excluding carboxylic acids is 2. The third-order valence-electron chi connectivity index (χ3n) is 3.96. The van der Waals surface area contributed by atoms with Gasteiger partial charge in [0.2, 0.25) is 0 Å². The van der Waals surface area contributed by atoms with Gasteiger partial charge < -0.3 is 15.4 Å². The average Bonchev–Trinajstić information content (AvgIpc) is 2.71.